The third kappa shape index (κ3) is 2.78. The Bertz CT molecular complexity index is 417. The van der Waals surface area contributed by atoms with E-state index < -0.39 is 5.54 Å². The number of nitriles is 1. The zero-order valence-electron chi connectivity index (χ0n) is 10.1. The van der Waals surface area contributed by atoms with Gasteiger partial charge >= 0.3 is 0 Å². The Morgan fingerprint density at radius 1 is 1.41 bits per heavy atom. The highest BCUT2D eigenvalue weighted by Gasteiger charge is 2.43. The number of nitrogens with zero attached hydrogens (tertiary/aromatic N) is 1. The predicted molar refractivity (Wildman–Crippen MR) is 66.6 cm³/mol. The van der Waals surface area contributed by atoms with Gasteiger partial charge in [-0.15, -0.1) is 0 Å². The van der Waals surface area contributed by atoms with Crippen LogP contribution in [0.3, 0.4) is 0 Å². The zero-order valence-corrected chi connectivity index (χ0v) is 10.1. The van der Waals surface area contributed by atoms with Gasteiger partial charge in [0.15, 0.2) is 0 Å². The minimum atomic E-state index is -0.816. The zero-order chi connectivity index (χ0) is 12.3. The van der Waals surface area contributed by atoms with E-state index in [2.05, 4.69) is 13.0 Å². The average molecular weight is 230 g/mol. The fourth-order valence-electron chi connectivity index (χ4n) is 1.86. The highest BCUT2D eigenvalue weighted by atomic mass is 16.5. The Morgan fingerprint density at radius 3 is 2.53 bits per heavy atom. The molecule has 1 aliphatic carbocycles. The molecule has 0 bridgehead atoms. The van der Waals surface area contributed by atoms with Gasteiger partial charge in [-0.3, -0.25) is 0 Å². The van der Waals surface area contributed by atoms with Crippen molar-refractivity contribution in [2.24, 2.45) is 11.7 Å². The van der Waals surface area contributed by atoms with Gasteiger partial charge in [-0.2, -0.15) is 5.26 Å². The Morgan fingerprint density at radius 2 is 2.06 bits per heavy atom. The normalized spacial score (nSPS) is 18.2. The highest BCUT2D eigenvalue weighted by molar-refractivity contribution is 5.27. The van der Waals surface area contributed by atoms with Gasteiger partial charge in [0.25, 0.3) is 0 Å². The lowest BCUT2D eigenvalue weighted by Crippen LogP contribution is -2.46. The fourth-order valence-corrected chi connectivity index (χ4v) is 1.86. The van der Waals surface area contributed by atoms with Crippen LogP contribution in [0.5, 0.6) is 5.75 Å². The molecule has 17 heavy (non-hydrogen) atoms. The quantitative estimate of drug-likeness (QED) is 0.844. The summed E-state index contributed by atoms with van der Waals surface area (Å²) in [5, 5.41) is 9.10. The van der Waals surface area contributed by atoms with Crippen LogP contribution in [-0.4, -0.2) is 12.1 Å². The van der Waals surface area contributed by atoms with Gasteiger partial charge in [-0.25, -0.2) is 0 Å². The summed E-state index contributed by atoms with van der Waals surface area (Å²) in [7, 11) is 0. The molecular formula is C14H18N2O. The molecular weight excluding hydrogens is 212 g/mol. The van der Waals surface area contributed by atoms with Gasteiger partial charge in [-0.1, -0.05) is 19.1 Å². The highest BCUT2D eigenvalue weighted by Crippen LogP contribution is 2.38. The number of benzene rings is 1. The lowest BCUT2D eigenvalue weighted by Gasteiger charge is -2.21. The van der Waals surface area contributed by atoms with Crippen molar-refractivity contribution >= 4 is 0 Å². The van der Waals surface area contributed by atoms with Crippen LogP contribution in [0.4, 0.5) is 0 Å². The Labute approximate surface area is 102 Å². The largest absolute Gasteiger partial charge is 0.491 e. The molecule has 2 rings (SSSR count). The molecule has 1 atom stereocenters. The summed E-state index contributed by atoms with van der Waals surface area (Å²) in [6.07, 6.45) is 3.10. The minimum absolute atomic E-state index is 0.277. The number of hydrogen-bond acceptors (Lipinski definition) is 3. The summed E-state index contributed by atoms with van der Waals surface area (Å²) < 4.78 is 5.62. The first-order valence-corrected chi connectivity index (χ1v) is 6.10. The molecule has 1 unspecified atom stereocenters. The number of rotatable bonds is 5. The van der Waals surface area contributed by atoms with Crippen molar-refractivity contribution in [3.05, 3.63) is 29.8 Å². The van der Waals surface area contributed by atoms with Crippen LogP contribution in [0.25, 0.3) is 0 Å². The Kier molecular flexibility index (Phi) is 3.35. The van der Waals surface area contributed by atoms with Crippen molar-refractivity contribution in [3.63, 3.8) is 0 Å². The van der Waals surface area contributed by atoms with Crippen molar-refractivity contribution in [2.75, 3.05) is 6.61 Å². The van der Waals surface area contributed by atoms with Crippen LogP contribution in [-0.2, 0) is 6.42 Å². The van der Waals surface area contributed by atoms with E-state index in [0.717, 1.165) is 25.0 Å². The first-order chi connectivity index (χ1) is 8.18. The van der Waals surface area contributed by atoms with E-state index in [4.69, 9.17) is 15.7 Å². The summed E-state index contributed by atoms with van der Waals surface area (Å²) in [5.41, 5.74) is 6.48. The Balaban J connectivity index is 1.94. The van der Waals surface area contributed by atoms with E-state index in [1.165, 1.54) is 5.56 Å². The molecule has 0 saturated heterocycles. The second-order valence-corrected chi connectivity index (χ2v) is 4.71. The molecule has 3 heteroatoms. The second kappa shape index (κ2) is 4.77. The van der Waals surface area contributed by atoms with Gasteiger partial charge in [0.2, 0.25) is 0 Å². The number of nitrogens with two attached hydrogens (primary N) is 1. The molecule has 1 aliphatic rings. The number of hydrogen-bond donors (Lipinski definition) is 1. The summed E-state index contributed by atoms with van der Waals surface area (Å²) in [5.74, 6) is 1.09. The lowest BCUT2D eigenvalue weighted by atomic mass is 9.98. The van der Waals surface area contributed by atoms with Crippen molar-refractivity contribution in [2.45, 2.75) is 31.7 Å². The molecule has 0 aliphatic heterocycles. The minimum Gasteiger partial charge on any atom is -0.491 e. The molecule has 0 radical (unpaired) electrons. The van der Waals surface area contributed by atoms with E-state index in [1.54, 1.807) is 0 Å². The van der Waals surface area contributed by atoms with Crippen LogP contribution < -0.4 is 10.5 Å². The van der Waals surface area contributed by atoms with Crippen molar-refractivity contribution in [3.8, 4) is 11.8 Å². The van der Waals surface area contributed by atoms with E-state index in [0.29, 0.717) is 5.92 Å². The lowest BCUT2D eigenvalue weighted by molar-refractivity contribution is 0.237. The summed E-state index contributed by atoms with van der Waals surface area (Å²) in [4.78, 5) is 0. The molecule has 3 nitrogen and oxygen atoms in total. The molecule has 0 heterocycles. The maximum Gasteiger partial charge on any atom is 0.141 e. The summed E-state index contributed by atoms with van der Waals surface area (Å²) >= 11 is 0. The topological polar surface area (TPSA) is 59.0 Å². The van der Waals surface area contributed by atoms with Crippen LogP contribution >= 0.6 is 0 Å². The molecule has 1 fully saturated rings. The number of ether oxygens (including phenoxy) is 1. The maximum absolute atomic E-state index is 9.10. The van der Waals surface area contributed by atoms with Crippen molar-refractivity contribution in [1.29, 1.82) is 5.26 Å². The SMILES string of the molecule is CCc1ccc(OCC(N)(C#N)C2CC2)cc1. The Hall–Kier alpha value is -1.53. The smallest absolute Gasteiger partial charge is 0.141 e. The van der Waals surface area contributed by atoms with E-state index >= 15 is 0 Å². The van der Waals surface area contributed by atoms with Crippen molar-refractivity contribution < 1.29 is 4.74 Å². The van der Waals surface area contributed by atoms with Gasteiger partial charge in [0, 0.05) is 0 Å². The van der Waals surface area contributed by atoms with Gasteiger partial charge in [-0.05, 0) is 42.9 Å². The third-order valence-corrected chi connectivity index (χ3v) is 3.32. The molecule has 0 amide bonds. The fraction of sp³-hybridized carbons (Fsp3) is 0.500. The molecule has 1 aromatic rings. The standard InChI is InChI=1S/C14H18N2O/c1-2-11-3-7-13(8-4-11)17-10-14(16,9-15)12-5-6-12/h3-4,7-8,12H,2,5-6,10,16H2,1H3. The maximum atomic E-state index is 9.10. The van der Waals surface area contributed by atoms with Crippen LogP contribution in [0.1, 0.15) is 25.3 Å². The van der Waals surface area contributed by atoms with E-state index in [9.17, 15) is 0 Å². The third-order valence-electron chi connectivity index (χ3n) is 3.32. The molecule has 0 aromatic heterocycles. The molecule has 1 aromatic carbocycles. The van der Waals surface area contributed by atoms with E-state index in [-0.39, 0.29) is 6.61 Å². The van der Waals surface area contributed by atoms with Gasteiger partial charge in [0.05, 0.1) is 6.07 Å². The van der Waals surface area contributed by atoms with Gasteiger partial charge in [0.1, 0.15) is 17.9 Å². The number of aryl methyl sites for hydroxylation is 1. The van der Waals surface area contributed by atoms with E-state index in [1.807, 2.05) is 24.3 Å². The second-order valence-electron chi connectivity index (χ2n) is 4.71. The van der Waals surface area contributed by atoms with Crippen LogP contribution in [0, 0.1) is 17.2 Å². The molecule has 1 saturated carbocycles. The molecule has 0 spiro atoms. The van der Waals surface area contributed by atoms with Crippen molar-refractivity contribution in [1.82, 2.24) is 0 Å². The van der Waals surface area contributed by atoms with Gasteiger partial charge < -0.3 is 10.5 Å². The summed E-state index contributed by atoms with van der Waals surface area (Å²) in [6.45, 7) is 2.39. The predicted octanol–water partition coefficient (Wildman–Crippen LogP) is 2.26. The molecule has 2 N–H and O–H groups in total. The first kappa shape index (κ1) is 11.9. The summed E-state index contributed by atoms with van der Waals surface area (Å²) in [6, 6.07) is 10.1. The first-order valence-electron chi connectivity index (χ1n) is 6.10. The molecule has 90 valence electrons. The monoisotopic (exact) mass is 230 g/mol. The van der Waals surface area contributed by atoms with Crippen LogP contribution in [0.2, 0.25) is 0 Å². The average Bonchev–Trinajstić information content (AvgIpc) is 3.21. The van der Waals surface area contributed by atoms with Crippen LogP contribution in [0.15, 0.2) is 24.3 Å².